The van der Waals surface area contributed by atoms with Gasteiger partial charge in [-0.1, -0.05) is 12.8 Å². The number of rotatable bonds is 0. The third kappa shape index (κ3) is 1.13. The molecule has 0 amide bonds. The normalized spacial score (nSPS) is 35.2. The average Bonchev–Trinajstić information content (AvgIpc) is 2.45. The highest BCUT2D eigenvalue weighted by Gasteiger charge is 2.39. The Hall–Kier alpha value is -0.860. The van der Waals surface area contributed by atoms with E-state index in [1.165, 1.54) is 6.42 Å². The Labute approximate surface area is 72.2 Å². The third-order valence-corrected chi connectivity index (χ3v) is 2.85. The smallest absolute Gasteiger partial charge is 0.160 e. The molecule has 0 aromatic heterocycles. The maximum absolute atomic E-state index is 11.7. The summed E-state index contributed by atoms with van der Waals surface area (Å²) in [4.78, 5) is 11.7. The first-order valence-corrected chi connectivity index (χ1v) is 4.65. The van der Waals surface area contributed by atoms with Crippen LogP contribution in [0.1, 0.15) is 38.5 Å². The van der Waals surface area contributed by atoms with Gasteiger partial charge in [0.1, 0.15) is 5.54 Å². The summed E-state index contributed by atoms with van der Waals surface area (Å²) in [6.45, 7) is 0. The highest BCUT2D eigenvalue weighted by Crippen LogP contribution is 2.28. The second-order valence-corrected chi connectivity index (χ2v) is 3.69. The van der Waals surface area contributed by atoms with Gasteiger partial charge in [-0.2, -0.15) is 5.10 Å². The van der Waals surface area contributed by atoms with Gasteiger partial charge in [-0.3, -0.25) is 10.2 Å². The maximum Gasteiger partial charge on any atom is 0.160 e. The van der Waals surface area contributed by atoms with E-state index in [9.17, 15) is 4.79 Å². The fourth-order valence-electron chi connectivity index (χ4n) is 2.02. The lowest BCUT2D eigenvalue weighted by molar-refractivity contribution is -0.124. The topological polar surface area (TPSA) is 41.5 Å². The Morgan fingerprint density at radius 1 is 1.42 bits per heavy atom. The molecule has 0 radical (unpaired) electrons. The molecule has 3 nitrogen and oxygen atoms in total. The summed E-state index contributed by atoms with van der Waals surface area (Å²) in [7, 11) is 0. The van der Waals surface area contributed by atoms with Crippen molar-refractivity contribution < 1.29 is 4.79 Å². The number of hydrogen-bond donors (Lipinski definition) is 1. The number of nitrogens with zero attached hydrogens (tertiary/aromatic N) is 1. The van der Waals surface area contributed by atoms with Crippen LogP contribution in [-0.2, 0) is 4.79 Å². The Bertz CT molecular complexity index is 215. The second kappa shape index (κ2) is 2.88. The Morgan fingerprint density at radius 3 is 3.08 bits per heavy atom. The van der Waals surface area contributed by atoms with Crippen LogP contribution in [0, 0.1) is 0 Å². The summed E-state index contributed by atoms with van der Waals surface area (Å²) >= 11 is 0. The molecule has 0 saturated heterocycles. The highest BCUT2D eigenvalue weighted by molar-refractivity contribution is 5.92. The van der Waals surface area contributed by atoms with Gasteiger partial charge < -0.3 is 0 Å². The van der Waals surface area contributed by atoms with Gasteiger partial charge in [0.15, 0.2) is 5.78 Å². The van der Waals surface area contributed by atoms with E-state index < -0.39 is 0 Å². The van der Waals surface area contributed by atoms with Crippen molar-refractivity contribution >= 4 is 12.0 Å². The number of Topliss-reactive ketones (excluding diaryl/α,β-unsaturated/α-hetero) is 1. The molecule has 1 aliphatic heterocycles. The van der Waals surface area contributed by atoms with Crippen LogP contribution in [-0.4, -0.2) is 17.5 Å². The van der Waals surface area contributed by atoms with Crippen molar-refractivity contribution in [1.29, 1.82) is 0 Å². The van der Waals surface area contributed by atoms with Crippen molar-refractivity contribution in [2.45, 2.75) is 44.1 Å². The monoisotopic (exact) mass is 166 g/mol. The molecule has 1 aliphatic carbocycles. The van der Waals surface area contributed by atoms with E-state index in [1.54, 1.807) is 0 Å². The van der Waals surface area contributed by atoms with Gasteiger partial charge in [-0.05, 0) is 12.8 Å². The van der Waals surface area contributed by atoms with E-state index in [0.29, 0.717) is 5.78 Å². The fraction of sp³-hybridized carbons (Fsp3) is 0.778. The van der Waals surface area contributed by atoms with Gasteiger partial charge in [0.25, 0.3) is 0 Å². The minimum Gasteiger partial charge on any atom is -0.297 e. The summed E-state index contributed by atoms with van der Waals surface area (Å²) in [5.41, 5.74) is 2.69. The van der Waals surface area contributed by atoms with E-state index >= 15 is 0 Å². The quantitative estimate of drug-likeness (QED) is 0.588. The van der Waals surface area contributed by atoms with E-state index in [1.807, 2.05) is 6.21 Å². The van der Waals surface area contributed by atoms with Gasteiger partial charge in [0, 0.05) is 19.1 Å². The first-order valence-electron chi connectivity index (χ1n) is 4.65. The highest BCUT2D eigenvalue weighted by atomic mass is 16.1. The van der Waals surface area contributed by atoms with Crippen molar-refractivity contribution in [2.75, 3.05) is 0 Å². The summed E-state index contributed by atoms with van der Waals surface area (Å²) in [6.07, 6.45) is 7.72. The molecule has 3 heteroatoms. The van der Waals surface area contributed by atoms with Crippen molar-refractivity contribution in [1.82, 2.24) is 5.43 Å². The standard InChI is InChI=1S/C9H14N2O/c12-8-4-2-1-3-5-9(8)6-7-10-11-9/h7,11H,1-6H2. The average molecular weight is 166 g/mol. The summed E-state index contributed by atoms with van der Waals surface area (Å²) < 4.78 is 0. The van der Waals surface area contributed by atoms with Crippen LogP contribution < -0.4 is 5.43 Å². The number of ketones is 1. The molecular formula is C9H14N2O. The van der Waals surface area contributed by atoms with Crippen LogP contribution in [0.25, 0.3) is 0 Å². The van der Waals surface area contributed by atoms with Gasteiger partial charge in [0.05, 0.1) is 0 Å². The SMILES string of the molecule is O=C1CCCCCC12CC=NN2. The molecule has 0 aromatic carbocycles. The van der Waals surface area contributed by atoms with Crippen molar-refractivity contribution in [3.05, 3.63) is 0 Å². The van der Waals surface area contributed by atoms with Crippen LogP contribution in [0.3, 0.4) is 0 Å². The molecule has 1 saturated carbocycles. The molecule has 12 heavy (non-hydrogen) atoms. The lowest BCUT2D eigenvalue weighted by atomic mass is 9.88. The minimum atomic E-state index is -0.295. The number of carbonyl (C=O) groups excluding carboxylic acids is 1. The number of carbonyl (C=O) groups is 1. The van der Waals surface area contributed by atoms with Gasteiger partial charge in [-0.15, -0.1) is 0 Å². The molecule has 1 spiro atoms. The zero-order valence-electron chi connectivity index (χ0n) is 7.18. The maximum atomic E-state index is 11.7. The van der Waals surface area contributed by atoms with E-state index in [-0.39, 0.29) is 5.54 Å². The van der Waals surface area contributed by atoms with Crippen LogP contribution in [0.5, 0.6) is 0 Å². The molecule has 66 valence electrons. The molecule has 0 aromatic rings. The number of hydrazone groups is 1. The Balaban J connectivity index is 2.15. The van der Waals surface area contributed by atoms with Crippen LogP contribution in [0.4, 0.5) is 0 Å². The van der Waals surface area contributed by atoms with E-state index in [0.717, 1.165) is 32.1 Å². The van der Waals surface area contributed by atoms with Crippen molar-refractivity contribution in [3.63, 3.8) is 0 Å². The third-order valence-electron chi connectivity index (χ3n) is 2.85. The zero-order valence-corrected chi connectivity index (χ0v) is 7.18. The zero-order chi connectivity index (χ0) is 8.44. The number of hydrogen-bond acceptors (Lipinski definition) is 3. The Morgan fingerprint density at radius 2 is 2.33 bits per heavy atom. The molecule has 0 bridgehead atoms. The molecule has 1 fully saturated rings. The van der Waals surface area contributed by atoms with Gasteiger partial charge >= 0.3 is 0 Å². The fourth-order valence-corrected chi connectivity index (χ4v) is 2.02. The predicted molar refractivity (Wildman–Crippen MR) is 47.1 cm³/mol. The summed E-state index contributed by atoms with van der Waals surface area (Å²) in [5.74, 6) is 0.359. The Kier molecular flexibility index (Phi) is 1.87. The van der Waals surface area contributed by atoms with Gasteiger partial charge in [-0.25, -0.2) is 0 Å². The van der Waals surface area contributed by atoms with Crippen LogP contribution in [0.2, 0.25) is 0 Å². The molecular weight excluding hydrogens is 152 g/mol. The van der Waals surface area contributed by atoms with Crippen molar-refractivity contribution in [2.24, 2.45) is 5.10 Å². The first-order chi connectivity index (χ1) is 5.83. The van der Waals surface area contributed by atoms with Crippen LogP contribution >= 0.6 is 0 Å². The molecule has 1 heterocycles. The largest absolute Gasteiger partial charge is 0.297 e. The number of nitrogens with one attached hydrogen (secondary N) is 1. The minimum absolute atomic E-state index is 0.295. The lowest BCUT2D eigenvalue weighted by Crippen LogP contribution is -2.46. The van der Waals surface area contributed by atoms with Gasteiger partial charge in [0.2, 0.25) is 0 Å². The molecule has 2 aliphatic rings. The summed E-state index contributed by atoms with van der Waals surface area (Å²) in [6, 6.07) is 0. The van der Waals surface area contributed by atoms with Crippen LogP contribution in [0.15, 0.2) is 5.10 Å². The second-order valence-electron chi connectivity index (χ2n) is 3.69. The summed E-state index contributed by atoms with van der Waals surface area (Å²) in [5, 5.41) is 3.96. The lowest BCUT2D eigenvalue weighted by Gasteiger charge is -2.24. The predicted octanol–water partition coefficient (Wildman–Crippen LogP) is 1.24. The molecule has 1 unspecified atom stereocenters. The molecule has 1 N–H and O–H groups in total. The molecule has 2 rings (SSSR count). The van der Waals surface area contributed by atoms with E-state index in [4.69, 9.17) is 0 Å². The first kappa shape index (κ1) is 7.77. The molecule has 1 atom stereocenters. The van der Waals surface area contributed by atoms with E-state index in [2.05, 4.69) is 10.5 Å². The van der Waals surface area contributed by atoms with Crippen molar-refractivity contribution in [3.8, 4) is 0 Å².